The number of ether oxygens (including phenoxy) is 1. The van der Waals surface area contributed by atoms with Crippen LogP contribution < -0.4 is 10.1 Å². The van der Waals surface area contributed by atoms with Crippen molar-refractivity contribution in [2.24, 2.45) is 13.0 Å². The standard InChI is InChI=1S/C20H25F3N4O4S/c1-14-25-18(13-26(14)2)32(29,30)27-9-6-15(7-10-27)19(28)24-8-11-31-17-5-3-4-16(12-17)20(21,22)23/h3-5,12-13,15H,6-11H2,1-2H3,(H,24,28). The van der Waals surface area contributed by atoms with Gasteiger partial charge >= 0.3 is 6.18 Å². The van der Waals surface area contributed by atoms with Gasteiger partial charge in [-0.15, -0.1) is 0 Å². The third-order valence-corrected chi connectivity index (χ3v) is 7.12. The summed E-state index contributed by atoms with van der Waals surface area (Å²) < 4.78 is 71.9. The minimum absolute atomic E-state index is 0.00728. The van der Waals surface area contributed by atoms with Gasteiger partial charge in [-0.2, -0.15) is 17.5 Å². The van der Waals surface area contributed by atoms with Gasteiger partial charge in [-0.05, 0) is 38.0 Å². The highest BCUT2D eigenvalue weighted by Gasteiger charge is 2.33. The molecule has 0 radical (unpaired) electrons. The van der Waals surface area contributed by atoms with Crippen LogP contribution in [0.5, 0.6) is 5.75 Å². The number of aromatic nitrogens is 2. The van der Waals surface area contributed by atoms with Crippen molar-refractivity contribution in [2.45, 2.75) is 31.0 Å². The maximum Gasteiger partial charge on any atom is 0.416 e. The van der Waals surface area contributed by atoms with Crippen molar-refractivity contribution < 1.29 is 31.1 Å². The Morgan fingerprint density at radius 1 is 1.28 bits per heavy atom. The lowest BCUT2D eigenvalue weighted by atomic mass is 9.97. The number of halogens is 3. The number of hydrogen-bond donors (Lipinski definition) is 1. The van der Waals surface area contributed by atoms with Gasteiger partial charge in [0.25, 0.3) is 10.0 Å². The van der Waals surface area contributed by atoms with E-state index in [0.717, 1.165) is 12.1 Å². The van der Waals surface area contributed by atoms with Crippen LogP contribution in [0.2, 0.25) is 0 Å². The number of carbonyl (C=O) groups is 1. The summed E-state index contributed by atoms with van der Waals surface area (Å²) >= 11 is 0. The number of alkyl halides is 3. The number of nitrogens with one attached hydrogen (secondary N) is 1. The molecule has 1 aromatic carbocycles. The normalized spacial score (nSPS) is 16.2. The Balaban J connectivity index is 1.44. The van der Waals surface area contributed by atoms with Gasteiger partial charge in [0.05, 0.1) is 12.1 Å². The average Bonchev–Trinajstić information content (AvgIpc) is 3.10. The zero-order valence-corrected chi connectivity index (χ0v) is 18.5. The second kappa shape index (κ2) is 9.49. The molecule has 1 N–H and O–H groups in total. The first kappa shape index (κ1) is 24.1. The molecule has 0 unspecified atom stereocenters. The smallest absolute Gasteiger partial charge is 0.416 e. The van der Waals surface area contributed by atoms with E-state index in [2.05, 4.69) is 10.3 Å². The minimum atomic E-state index is -4.45. The van der Waals surface area contributed by atoms with Crippen LogP contribution in [0.25, 0.3) is 0 Å². The van der Waals surface area contributed by atoms with Crippen molar-refractivity contribution in [3.8, 4) is 5.75 Å². The Morgan fingerprint density at radius 2 is 1.97 bits per heavy atom. The second-order valence-electron chi connectivity index (χ2n) is 7.58. The van der Waals surface area contributed by atoms with Gasteiger partial charge in [0.1, 0.15) is 18.2 Å². The Labute approximate surface area is 184 Å². The molecule has 0 atom stereocenters. The van der Waals surface area contributed by atoms with Crippen molar-refractivity contribution >= 4 is 15.9 Å². The number of imidazole rings is 1. The first-order valence-electron chi connectivity index (χ1n) is 10.1. The fourth-order valence-electron chi connectivity index (χ4n) is 3.39. The van der Waals surface area contributed by atoms with Crippen LogP contribution >= 0.6 is 0 Å². The molecule has 2 heterocycles. The van der Waals surface area contributed by atoms with E-state index in [1.165, 1.54) is 22.6 Å². The minimum Gasteiger partial charge on any atom is -0.492 e. The molecule has 1 aliphatic rings. The molecule has 32 heavy (non-hydrogen) atoms. The largest absolute Gasteiger partial charge is 0.492 e. The predicted octanol–water partition coefficient (Wildman–Crippen LogP) is 2.34. The van der Waals surface area contributed by atoms with E-state index < -0.39 is 21.8 Å². The zero-order chi connectivity index (χ0) is 23.5. The summed E-state index contributed by atoms with van der Waals surface area (Å²) in [5.41, 5.74) is -0.804. The van der Waals surface area contributed by atoms with Gasteiger partial charge in [-0.1, -0.05) is 6.07 Å². The molecule has 0 spiro atoms. The molecule has 1 aromatic heterocycles. The van der Waals surface area contributed by atoms with Crippen LogP contribution in [0.1, 0.15) is 24.2 Å². The average molecular weight is 475 g/mol. The molecule has 8 nitrogen and oxygen atoms in total. The molecule has 176 valence electrons. The van der Waals surface area contributed by atoms with E-state index in [1.807, 2.05) is 0 Å². The van der Waals surface area contributed by atoms with E-state index in [1.54, 1.807) is 18.5 Å². The predicted molar refractivity (Wildman–Crippen MR) is 109 cm³/mol. The number of amides is 1. The molecule has 1 aliphatic heterocycles. The highest BCUT2D eigenvalue weighted by atomic mass is 32.2. The first-order chi connectivity index (χ1) is 15.0. The van der Waals surface area contributed by atoms with Crippen molar-refractivity contribution in [2.75, 3.05) is 26.2 Å². The lowest BCUT2D eigenvalue weighted by molar-refractivity contribution is -0.137. The quantitative estimate of drug-likeness (QED) is 0.622. The third kappa shape index (κ3) is 5.60. The lowest BCUT2D eigenvalue weighted by Crippen LogP contribution is -2.43. The van der Waals surface area contributed by atoms with Crippen LogP contribution in [0.15, 0.2) is 35.5 Å². The highest BCUT2D eigenvalue weighted by molar-refractivity contribution is 7.89. The van der Waals surface area contributed by atoms with Gasteiger partial charge < -0.3 is 14.6 Å². The van der Waals surface area contributed by atoms with Gasteiger partial charge in [0.2, 0.25) is 5.91 Å². The lowest BCUT2D eigenvalue weighted by Gasteiger charge is -2.29. The summed E-state index contributed by atoms with van der Waals surface area (Å²) in [5, 5.41) is 2.69. The van der Waals surface area contributed by atoms with Crippen LogP contribution in [0, 0.1) is 12.8 Å². The maximum atomic E-state index is 12.7. The molecule has 0 bridgehead atoms. The van der Waals surface area contributed by atoms with Gasteiger partial charge in [0.15, 0.2) is 5.03 Å². The first-order valence-corrected chi connectivity index (χ1v) is 11.5. The van der Waals surface area contributed by atoms with Gasteiger partial charge in [0, 0.05) is 32.3 Å². The maximum absolute atomic E-state index is 12.7. The van der Waals surface area contributed by atoms with Crippen LogP contribution in [-0.4, -0.2) is 54.4 Å². The second-order valence-corrected chi connectivity index (χ2v) is 9.47. The van der Waals surface area contributed by atoms with Crippen molar-refractivity contribution in [3.63, 3.8) is 0 Å². The molecule has 1 amide bonds. The fourth-order valence-corrected chi connectivity index (χ4v) is 4.89. The number of sulfonamides is 1. The molecule has 0 aliphatic carbocycles. The highest BCUT2D eigenvalue weighted by Crippen LogP contribution is 2.31. The summed E-state index contributed by atoms with van der Waals surface area (Å²) in [5.74, 6) is 0.0754. The summed E-state index contributed by atoms with van der Waals surface area (Å²) in [6.07, 6.45) is -2.25. The molecular weight excluding hydrogens is 449 g/mol. The molecular formula is C20H25F3N4O4S. The van der Waals surface area contributed by atoms with Crippen molar-refractivity contribution in [1.82, 2.24) is 19.2 Å². The molecule has 3 rings (SSSR count). The van der Waals surface area contributed by atoms with Crippen LogP contribution in [-0.2, 0) is 28.0 Å². The van der Waals surface area contributed by atoms with E-state index in [4.69, 9.17) is 4.74 Å². The van der Waals surface area contributed by atoms with E-state index in [-0.39, 0.29) is 48.8 Å². The summed E-state index contributed by atoms with van der Waals surface area (Å²) in [6, 6.07) is 4.53. The van der Waals surface area contributed by atoms with Gasteiger partial charge in [-0.25, -0.2) is 13.4 Å². The van der Waals surface area contributed by atoms with Crippen molar-refractivity contribution in [3.05, 3.63) is 41.9 Å². The topological polar surface area (TPSA) is 93.5 Å². The van der Waals surface area contributed by atoms with Crippen LogP contribution in [0.4, 0.5) is 13.2 Å². The third-order valence-electron chi connectivity index (χ3n) is 5.35. The number of aryl methyl sites for hydroxylation is 2. The molecule has 12 heteroatoms. The number of rotatable bonds is 7. The van der Waals surface area contributed by atoms with Crippen molar-refractivity contribution in [1.29, 1.82) is 0 Å². The fraction of sp³-hybridized carbons (Fsp3) is 0.500. The summed E-state index contributed by atoms with van der Waals surface area (Å²) in [4.78, 5) is 16.5. The van der Waals surface area contributed by atoms with E-state index >= 15 is 0 Å². The van der Waals surface area contributed by atoms with Gasteiger partial charge in [-0.3, -0.25) is 4.79 Å². The summed E-state index contributed by atoms with van der Waals surface area (Å²) in [7, 11) is -1.99. The zero-order valence-electron chi connectivity index (χ0n) is 17.7. The number of hydrogen-bond acceptors (Lipinski definition) is 5. The molecule has 1 saturated heterocycles. The van der Waals surface area contributed by atoms with E-state index in [9.17, 15) is 26.4 Å². The molecule has 2 aromatic rings. The summed E-state index contributed by atoms with van der Waals surface area (Å²) in [6.45, 7) is 2.26. The van der Waals surface area contributed by atoms with Crippen LogP contribution in [0.3, 0.4) is 0 Å². The Bertz CT molecular complexity index is 1040. The number of nitrogens with zero attached hydrogens (tertiary/aromatic N) is 3. The molecule has 1 fully saturated rings. The van der Waals surface area contributed by atoms with E-state index in [0.29, 0.717) is 18.7 Å². The Kier molecular flexibility index (Phi) is 7.13. The Hall–Kier alpha value is -2.60. The number of carbonyl (C=O) groups excluding carboxylic acids is 1. The monoisotopic (exact) mass is 474 g/mol. The number of benzene rings is 1. The Morgan fingerprint density at radius 3 is 2.56 bits per heavy atom. The SMILES string of the molecule is Cc1nc(S(=O)(=O)N2CCC(C(=O)NCCOc3cccc(C(F)(F)F)c3)CC2)cn1C. The number of piperidine rings is 1. The molecule has 0 saturated carbocycles.